The number of rotatable bonds is 6. The lowest BCUT2D eigenvalue weighted by atomic mass is 10.0. The maximum absolute atomic E-state index is 5.02. The largest absolute Gasteiger partial charge is 0.383 e. The smallest absolute Gasteiger partial charge is 0.110 e. The minimum atomic E-state index is 0.713. The van der Waals surface area contributed by atoms with Crippen LogP contribution in [0.3, 0.4) is 0 Å². The molecule has 5 heteroatoms. The Kier molecular flexibility index (Phi) is 5.01. The number of ether oxygens (including phenoxy) is 1. The first-order valence-electron chi connectivity index (χ1n) is 6.31. The van der Waals surface area contributed by atoms with Gasteiger partial charge in [0.05, 0.1) is 11.5 Å². The van der Waals surface area contributed by atoms with Crippen LogP contribution in [0.2, 0.25) is 0 Å². The number of nitrogens with zero attached hydrogens (tertiary/aromatic N) is 2. The first kappa shape index (κ1) is 14.1. The van der Waals surface area contributed by atoms with Crippen molar-refractivity contribution in [2.45, 2.75) is 20.4 Å². The molecule has 1 heterocycles. The van der Waals surface area contributed by atoms with Gasteiger partial charge in [-0.05, 0) is 37.0 Å². The van der Waals surface area contributed by atoms with Gasteiger partial charge in [-0.1, -0.05) is 22.2 Å². The van der Waals surface area contributed by atoms with Crippen LogP contribution in [0.15, 0.2) is 18.2 Å². The van der Waals surface area contributed by atoms with E-state index < -0.39 is 0 Å². The van der Waals surface area contributed by atoms with E-state index in [2.05, 4.69) is 47.0 Å². The Morgan fingerprint density at radius 3 is 2.95 bits per heavy atom. The monoisotopic (exact) mass is 277 g/mol. The minimum absolute atomic E-state index is 0.713. The van der Waals surface area contributed by atoms with Gasteiger partial charge < -0.3 is 10.1 Å². The lowest BCUT2D eigenvalue weighted by Crippen LogP contribution is -2.18. The summed E-state index contributed by atoms with van der Waals surface area (Å²) >= 11 is 1.45. The third-order valence-corrected chi connectivity index (χ3v) is 3.69. The van der Waals surface area contributed by atoms with Gasteiger partial charge in [-0.2, -0.15) is 0 Å². The summed E-state index contributed by atoms with van der Waals surface area (Å²) in [5, 5.41) is 7.62. The molecule has 102 valence electrons. The summed E-state index contributed by atoms with van der Waals surface area (Å²) in [5.41, 5.74) is 4.65. The normalized spacial score (nSPS) is 10.9. The molecule has 19 heavy (non-hydrogen) atoms. The van der Waals surface area contributed by atoms with Crippen LogP contribution in [0.25, 0.3) is 11.3 Å². The second-order valence-electron chi connectivity index (χ2n) is 4.53. The van der Waals surface area contributed by atoms with E-state index in [9.17, 15) is 0 Å². The highest BCUT2D eigenvalue weighted by molar-refractivity contribution is 7.05. The predicted molar refractivity (Wildman–Crippen MR) is 78.4 cm³/mol. The number of hydrogen-bond acceptors (Lipinski definition) is 5. The molecular formula is C14H19N3OS. The number of methoxy groups -OCH3 is 1. The number of aryl methyl sites for hydroxylation is 2. The van der Waals surface area contributed by atoms with Crippen molar-refractivity contribution in [2.24, 2.45) is 0 Å². The molecular weight excluding hydrogens is 258 g/mol. The molecule has 0 atom stereocenters. The Bertz CT molecular complexity index is 539. The predicted octanol–water partition coefficient (Wildman–Crippen LogP) is 2.56. The van der Waals surface area contributed by atoms with Gasteiger partial charge >= 0.3 is 0 Å². The van der Waals surface area contributed by atoms with Crippen LogP contribution in [0.4, 0.5) is 0 Å². The zero-order chi connectivity index (χ0) is 13.7. The lowest BCUT2D eigenvalue weighted by Gasteiger charge is -2.07. The maximum Gasteiger partial charge on any atom is 0.110 e. The molecule has 0 spiro atoms. The van der Waals surface area contributed by atoms with Crippen LogP contribution in [0.5, 0.6) is 0 Å². The minimum Gasteiger partial charge on any atom is -0.383 e. The molecule has 0 saturated carbocycles. The van der Waals surface area contributed by atoms with Crippen molar-refractivity contribution in [3.05, 3.63) is 34.2 Å². The molecule has 1 N–H and O–H groups in total. The van der Waals surface area contributed by atoms with E-state index in [-0.39, 0.29) is 0 Å². The van der Waals surface area contributed by atoms with Crippen LogP contribution >= 0.6 is 11.5 Å². The van der Waals surface area contributed by atoms with Crippen LogP contribution in [0, 0.1) is 13.8 Å². The van der Waals surface area contributed by atoms with Crippen LogP contribution in [0.1, 0.15) is 16.0 Å². The van der Waals surface area contributed by atoms with Gasteiger partial charge in [0.25, 0.3) is 0 Å². The van der Waals surface area contributed by atoms with Gasteiger partial charge in [0, 0.05) is 25.8 Å². The van der Waals surface area contributed by atoms with Gasteiger partial charge in [-0.3, -0.25) is 0 Å². The molecule has 1 aromatic carbocycles. The van der Waals surface area contributed by atoms with E-state index >= 15 is 0 Å². The van der Waals surface area contributed by atoms with E-state index in [1.54, 1.807) is 7.11 Å². The lowest BCUT2D eigenvalue weighted by molar-refractivity contribution is 0.199. The zero-order valence-electron chi connectivity index (χ0n) is 11.6. The molecule has 0 saturated heterocycles. The highest BCUT2D eigenvalue weighted by atomic mass is 32.1. The van der Waals surface area contributed by atoms with Crippen LogP contribution < -0.4 is 5.32 Å². The molecule has 0 radical (unpaired) electrons. The standard InChI is InChI=1S/C14H19N3OS/c1-10-4-5-11(2)12(8-10)14-13(19-17-16-14)9-15-6-7-18-3/h4-5,8,15H,6-7,9H2,1-3H3. The molecule has 0 fully saturated rings. The molecule has 2 rings (SSSR count). The van der Waals surface area contributed by atoms with Gasteiger partial charge in [-0.15, -0.1) is 5.10 Å². The SMILES string of the molecule is COCCNCc1snnc1-c1cc(C)ccc1C. The Balaban J connectivity index is 2.16. The molecule has 1 aromatic heterocycles. The summed E-state index contributed by atoms with van der Waals surface area (Å²) in [6.07, 6.45) is 0. The molecule has 2 aromatic rings. The summed E-state index contributed by atoms with van der Waals surface area (Å²) in [4.78, 5) is 1.17. The van der Waals surface area contributed by atoms with E-state index in [1.807, 2.05) is 0 Å². The average molecular weight is 277 g/mol. The quantitative estimate of drug-likeness (QED) is 0.824. The van der Waals surface area contributed by atoms with Crippen molar-refractivity contribution in [2.75, 3.05) is 20.3 Å². The Hall–Kier alpha value is -1.30. The van der Waals surface area contributed by atoms with E-state index in [0.717, 1.165) is 18.8 Å². The van der Waals surface area contributed by atoms with Crippen molar-refractivity contribution < 1.29 is 4.74 Å². The Labute approximate surface area is 118 Å². The number of nitrogens with one attached hydrogen (secondary N) is 1. The van der Waals surface area contributed by atoms with Gasteiger partial charge in [0.1, 0.15) is 5.69 Å². The molecule has 0 amide bonds. The topological polar surface area (TPSA) is 47.0 Å². The third kappa shape index (κ3) is 3.59. The fourth-order valence-electron chi connectivity index (χ4n) is 1.90. The van der Waals surface area contributed by atoms with E-state index in [1.165, 1.54) is 33.1 Å². The van der Waals surface area contributed by atoms with Crippen molar-refractivity contribution in [3.8, 4) is 11.3 Å². The second kappa shape index (κ2) is 6.75. The van der Waals surface area contributed by atoms with Crippen molar-refractivity contribution in [1.82, 2.24) is 14.9 Å². The Morgan fingerprint density at radius 1 is 1.32 bits per heavy atom. The molecule has 0 bridgehead atoms. The summed E-state index contributed by atoms with van der Waals surface area (Å²) in [6, 6.07) is 6.42. The summed E-state index contributed by atoms with van der Waals surface area (Å²) in [5.74, 6) is 0. The van der Waals surface area contributed by atoms with Gasteiger partial charge in [0.15, 0.2) is 0 Å². The van der Waals surface area contributed by atoms with Gasteiger partial charge in [0.2, 0.25) is 0 Å². The highest BCUT2D eigenvalue weighted by Gasteiger charge is 2.12. The molecule has 0 unspecified atom stereocenters. The number of aromatic nitrogens is 2. The van der Waals surface area contributed by atoms with Crippen LogP contribution in [-0.2, 0) is 11.3 Å². The van der Waals surface area contributed by atoms with Crippen molar-refractivity contribution in [3.63, 3.8) is 0 Å². The van der Waals surface area contributed by atoms with Gasteiger partial charge in [-0.25, -0.2) is 0 Å². The molecule has 0 aliphatic heterocycles. The highest BCUT2D eigenvalue weighted by Crippen LogP contribution is 2.27. The average Bonchev–Trinajstić information content (AvgIpc) is 2.86. The van der Waals surface area contributed by atoms with Crippen LogP contribution in [-0.4, -0.2) is 29.8 Å². The molecule has 0 aliphatic rings. The van der Waals surface area contributed by atoms with Crippen molar-refractivity contribution >= 4 is 11.5 Å². The van der Waals surface area contributed by atoms with E-state index in [4.69, 9.17) is 4.74 Å². The Morgan fingerprint density at radius 2 is 2.16 bits per heavy atom. The number of hydrogen-bond donors (Lipinski definition) is 1. The summed E-state index contributed by atoms with van der Waals surface area (Å²) < 4.78 is 9.11. The van der Waals surface area contributed by atoms with E-state index in [0.29, 0.717) is 6.61 Å². The second-order valence-corrected chi connectivity index (χ2v) is 5.37. The molecule has 0 aliphatic carbocycles. The summed E-state index contributed by atoms with van der Waals surface area (Å²) in [6.45, 7) is 6.53. The number of benzene rings is 1. The fourth-order valence-corrected chi connectivity index (χ4v) is 2.52. The maximum atomic E-state index is 5.02. The first-order valence-corrected chi connectivity index (χ1v) is 7.08. The first-order chi connectivity index (χ1) is 9.22. The summed E-state index contributed by atoms with van der Waals surface area (Å²) in [7, 11) is 1.71. The molecule has 4 nitrogen and oxygen atoms in total. The zero-order valence-corrected chi connectivity index (χ0v) is 12.4. The third-order valence-electron chi connectivity index (χ3n) is 2.97. The fraction of sp³-hybridized carbons (Fsp3) is 0.429. The van der Waals surface area contributed by atoms with Crippen molar-refractivity contribution in [1.29, 1.82) is 0 Å².